The van der Waals surface area contributed by atoms with Crippen LogP contribution in [0.1, 0.15) is 52.4 Å². The molecule has 0 aliphatic heterocycles. The molecule has 0 aliphatic rings. The third-order valence-corrected chi connectivity index (χ3v) is 3.31. The lowest BCUT2D eigenvalue weighted by Crippen LogP contribution is -1.91. The van der Waals surface area contributed by atoms with Crippen molar-refractivity contribution in [3.63, 3.8) is 0 Å². The van der Waals surface area contributed by atoms with Crippen molar-refractivity contribution in [2.45, 2.75) is 52.4 Å². The first-order chi connectivity index (χ1) is 6.81. The van der Waals surface area contributed by atoms with Gasteiger partial charge in [0.25, 0.3) is 0 Å². The maximum atomic E-state index is 5.38. The maximum Gasteiger partial charge on any atom is 0.521 e. The molecule has 0 saturated carbocycles. The summed E-state index contributed by atoms with van der Waals surface area (Å²) in [6, 6.07) is 0. The third kappa shape index (κ3) is 10.5. The van der Waals surface area contributed by atoms with Crippen LogP contribution in [-0.4, -0.2) is 13.2 Å². The van der Waals surface area contributed by atoms with E-state index >= 15 is 0 Å². The highest BCUT2D eigenvalue weighted by molar-refractivity contribution is 8.00. The zero-order valence-electron chi connectivity index (χ0n) is 9.33. The molecule has 14 heavy (non-hydrogen) atoms. The topological polar surface area (TPSA) is 18.5 Å². The minimum Gasteiger partial charge on any atom is -0.142 e. The summed E-state index contributed by atoms with van der Waals surface area (Å²) in [5, 5.41) is 0. The molecular formula is C10H22O2PS+. The molecule has 0 heterocycles. The second-order valence-electron chi connectivity index (χ2n) is 3.30. The quantitative estimate of drug-likeness (QED) is 0.419. The van der Waals surface area contributed by atoms with E-state index in [4.69, 9.17) is 20.9 Å². The Morgan fingerprint density at radius 2 is 1.29 bits per heavy atom. The molecule has 0 unspecified atom stereocenters. The summed E-state index contributed by atoms with van der Waals surface area (Å²) in [5.41, 5.74) is 0. The van der Waals surface area contributed by atoms with Crippen LogP contribution in [0.3, 0.4) is 0 Å². The number of hydrogen-bond donors (Lipinski definition) is 0. The summed E-state index contributed by atoms with van der Waals surface area (Å²) >= 11 is 5.06. The molecule has 0 N–H and O–H groups in total. The SMILES string of the molecule is CCCCCO[P+](=S)OCCCCC. The standard InChI is InChI=1S/C10H22O2PS/c1-3-5-7-9-11-13(14)12-10-8-6-4-2/h3-10H2,1-2H3/q+1. The molecule has 0 radical (unpaired) electrons. The van der Waals surface area contributed by atoms with Crippen molar-refractivity contribution in [3.05, 3.63) is 0 Å². The van der Waals surface area contributed by atoms with Crippen LogP contribution >= 0.6 is 7.15 Å². The summed E-state index contributed by atoms with van der Waals surface area (Å²) in [6.45, 7) is 5.88. The Morgan fingerprint density at radius 1 is 0.857 bits per heavy atom. The first kappa shape index (κ1) is 14.4. The number of unbranched alkanes of at least 4 members (excludes halogenated alkanes) is 4. The summed E-state index contributed by atoms with van der Waals surface area (Å²) in [4.78, 5) is 0. The van der Waals surface area contributed by atoms with Gasteiger partial charge in [0.1, 0.15) is 13.2 Å². The monoisotopic (exact) mass is 237 g/mol. The van der Waals surface area contributed by atoms with Crippen LogP contribution in [0.2, 0.25) is 0 Å². The van der Waals surface area contributed by atoms with Crippen molar-refractivity contribution in [1.29, 1.82) is 0 Å². The second kappa shape index (κ2) is 11.5. The predicted octanol–water partition coefficient (Wildman–Crippen LogP) is 4.17. The molecular weight excluding hydrogens is 215 g/mol. The Kier molecular flexibility index (Phi) is 11.9. The lowest BCUT2D eigenvalue weighted by Gasteiger charge is -1.94. The van der Waals surface area contributed by atoms with Crippen LogP contribution in [0.5, 0.6) is 0 Å². The fourth-order valence-corrected chi connectivity index (χ4v) is 2.10. The van der Waals surface area contributed by atoms with E-state index in [0.717, 1.165) is 26.1 Å². The lowest BCUT2D eigenvalue weighted by atomic mass is 10.3. The van der Waals surface area contributed by atoms with Gasteiger partial charge in [-0.3, -0.25) is 0 Å². The van der Waals surface area contributed by atoms with Crippen molar-refractivity contribution in [3.8, 4) is 0 Å². The average Bonchev–Trinajstić information content (AvgIpc) is 2.19. The van der Waals surface area contributed by atoms with Crippen molar-refractivity contribution in [1.82, 2.24) is 0 Å². The Bertz CT molecular complexity index is 128. The van der Waals surface area contributed by atoms with Crippen LogP contribution in [0, 0.1) is 0 Å². The van der Waals surface area contributed by atoms with Gasteiger partial charge in [-0.15, -0.1) is 9.05 Å². The summed E-state index contributed by atoms with van der Waals surface area (Å²) in [5.74, 6) is 0. The number of rotatable bonds is 10. The Balaban J connectivity index is 3.11. The normalized spacial score (nSPS) is 10.4. The Morgan fingerprint density at radius 3 is 1.64 bits per heavy atom. The van der Waals surface area contributed by atoms with Crippen molar-refractivity contribution >= 4 is 19.0 Å². The molecule has 0 aromatic carbocycles. The third-order valence-electron chi connectivity index (χ3n) is 1.89. The highest BCUT2D eigenvalue weighted by atomic mass is 32.4. The molecule has 0 rings (SSSR count). The molecule has 0 atom stereocenters. The average molecular weight is 237 g/mol. The molecule has 0 fully saturated rings. The van der Waals surface area contributed by atoms with E-state index in [9.17, 15) is 0 Å². The molecule has 2 nitrogen and oxygen atoms in total. The lowest BCUT2D eigenvalue weighted by molar-refractivity contribution is 0.255. The molecule has 0 aromatic heterocycles. The van der Waals surface area contributed by atoms with Crippen LogP contribution < -0.4 is 0 Å². The largest absolute Gasteiger partial charge is 0.521 e. The molecule has 4 heteroatoms. The van der Waals surface area contributed by atoms with E-state index in [1.807, 2.05) is 0 Å². The summed E-state index contributed by atoms with van der Waals surface area (Å²) in [6.07, 6.45) is 7.07. The Labute approximate surface area is 94.0 Å². The zero-order chi connectivity index (χ0) is 10.6. The van der Waals surface area contributed by atoms with Gasteiger partial charge in [-0.2, -0.15) is 0 Å². The smallest absolute Gasteiger partial charge is 0.142 e. The first-order valence-electron chi connectivity index (χ1n) is 5.54. The number of hydrogen-bond acceptors (Lipinski definition) is 3. The van der Waals surface area contributed by atoms with Crippen molar-refractivity contribution in [2.24, 2.45) is 0 Å². The van der Waals surface area contributed by atoms with Gasteiger partial charge in [-0.1, -0.05) is 39.5 Å². The van der Waals surface area contributed by atoms with Crippen LogP contribution in [-0.2, 0) is 20.9 Å². The zero-order valence-corrected chi connectivity index (χ0v) is 11.0. The second-order valence-corrected chi connectivity index (χ2v) is 5.16. The van der Waals surface area contributed by atoms with Gasteiger partial charge in [0.2, 0.25) is 11.8 Å². The van der Waals surface area contributed by atoms with Crippen LogP contribution in [0.4, 0.5) is 0 Å². The first-order valence-corrected chi connectivity index (χ1v) is 7.73. The van der Waals surface area contributed by atoms with E-state index in [2.05, 4.69) is 13.8 Å². The molecule has 0 amide bonds. The molecule has 0 spiro atoms. The van der Waals surface area contributed by atoms with Gasteiger partial charge in [0.05, 0.1) is 0 Å². The minimum absolute atomic E-state index is 0.761. The molecule has 0 saturated heterocycles. The molecule has 0 aromatic rings. The van der Waals surface area contributed by atoms with Gasteiger partial charge in [0.15, 0.2) is 0 Å². The van der Waals surface area contributed by atoms with E-state index in [0.29, 0.717) is 0 Å². The maximum absolute atomic E-state index is 5.38. The van der Waals surface area contributed by atoms with Gasteiger partial charge in [-0.05, 0) is 12.8 Å². The minimum atomic E-state index is -1.03. The van der Waals surface area contributed by atoms with Gasteiger partial charge in [0, 0.05) is 0 Å². The highest BCUT2D eigenvalue weighted by Gasteiger charge is 2.12. The predicted molar refractivity (Wildman–Crippen MR) is 65.2 cm³/mol. The van der Waals surface area contributed by atoms with Gasteiger partial charge in [-0.25, -0.2) is 0 Å². The summed E-state index contributed by atoms with van der Waals surface area (Å²) < 4.78 is 10.8. The highest BCUT2D eigenvalue weighted by Crippen LogP contribution is 2.24. The van der Waals surface area contributed by atoms with Gasteiger partial charge < -0.3 is 0 Å². The van der Waals surface area contributed by atoms with E-state index in [1.165, 1.54) is 25.7 Å². The molecule has 0 bridgehead atoms. The molecule has 0 aliphatic carbocycles. The Hall–Kier alpha value is 0.440. The molecule has 84 valence electrons. The van der Waals surface area contributed by atoms with Crippen LogP contribution in [0.15, 0.2) is 0 Å². The fourth-order valence-electron chi connectivity index (χ4n) is 1.02. The summed E-state index contributed by atoms with van der Waals surface area (Å²) in [7, 11) is -1.03. The van der Waals surface area contributed by atoms with Crippen LogP contribution in [0.25, 0.3) is 0 Å². The van der Waals surface area contributed by atoms with E-state index < -0.39 is 7.15 Å². The van der Waals surface area contributed by atoms with E-state index in [-0.39, 0.29) is 0 Å². The van der Waals surface area contributed by atoms with Gasteiger partial charge >= 0.3 is 7.15 Å². The van der Waals surface area contributed by atoms with Crippen molar-refractivity contribution in [2.75, 3.05) is 13.2 Å². The van der Waals surface area contributed by atoms with Crippen molar-refractivity contribution < 1.29 is 9.05 Å². The van der Waals surface area contributed by atoms with E-state index in [1.54, 1.807) is 0 Å². The fraction of sp³-hybridized carbons (Fsp3) is 1.00.